The van der Waals surface area contributed by atoms with E-state index in [0.29, 0.717) is 5.16 Å². The van der Waals surface area contributed by atoms with E-state index in [1.54, 1.807) is 0 Å². The first-order valence-corrected chi connectivity index (χ1v) is 7.47. The lowest BCUT2D eigenvalue weighted by atomic mass is 10.2. The molecule has 2 aromatic rings. The molecule has 1 aromatic heterocycles. The smallest absolute Gasteiger partial charge is 0.237 e. The fraction of sp³-hybridized carbons (Fsp3) is 0.357. The van der Waals surface area contributed by atoms with Crippen molar-refractivity contribution >= 4 is 29.0 Å². The molecule has 1 heterocycles. The van der Waals surface area contributed by atoms with Crippen LogP contribution in [0.5, 0.6) is 0 Å². The van der Waals surface area contributed by atoms with E-state index < -0.39 is 0 Å². The standard InChI is InChI=1S/C14H19N5OS/c1-9(21-14-15-10(2)17-18-14)13(20)16-11-5-7-12(8-6-11)19(3)4/h5-9H,1-4H3,(H,16,20)(H,15,17,18). The molecule has 21 heavy (non-hydrogen) atoms. The number of aryl methyl sites for hydroxylation is 1. The van der Waals surface area contributed by atoms with Crippen LogP contribution in [0.3, 0.4) is 0 Å². The molecule has 0 radical (unpaired) electrons. The Hall–Kier alpha value is -2.02. The minimum Gasteiger partial charge on any atom is -0.378 e. The van der Waals surface area contributed by atoms with Gasteiger partial charge in [-0.1, -0.05) is 11.8 Å². The highest BCUT2D eigenvalue weighted by Gasteiger charge is 2.16. The number of carbonyl (C=O) groups excluding carboxylic acids is 1. The number of nitrogens with one attached hydrogen (secondary N) is 2. The van der Waals surface area contributed by atoms with E-state index in [-0.39, 0.29) is 11.2 Å². The third-order valence-corrected chi connectivity index (χ3v) is 3.84. The molecule has 0 aliphatic rings. The molecule has 1 atom stereocenters. The Bertz CT molecular complexity index is 608. The van der Waals surface area contributed by atoms with Crippen molar-refractivity contribution in [2.24, 2.45) is 0 Å². The van der Waals surface area contributed by atoms with Crippen molar-refractivity contribution in [3.63, 3.8) is 0 Å². The summed E-state index contributed by atoms with van der Waals surface area (Å²) >= 11 is 1.33. The normalized spacial score (nSPS) is 12.0. The van der Waals surface area contributed by atoms with Crippen LogP contribution in [0.1, 0.15) is 12.7 Å². The third-order valence-electron chi connectivity index (χ3n) is 2.88. The molecule has 0 spiro atoms. The number of hydrogen-bond donors (Lipinski definition) is 2. The lowest BCUT2D eigenvalue weighted by Crippen LogP contribution is -2.22. The molecule has 0 aliphatic carbocycles. The number of hydrogen-bond acceptors (Lipinski definition) is 5. The van der Waals surface area contributed by atoms with Crippen molar-refractivity contribution in [3.05, 3.63) is 30.1 Å². The summed E-state index contributed by atoms with van der Waals surface area (Å²) in [5, 5.41) is 9.98. The van der Waals surface area contributed by atoms with Crippen molar-refractivity contribution in [1.29, 1.82) is 0 Å². The molecule has 7 heteroatoms. The quantitative estimate of drug-likeness (QED) is 0.829. The molecule has 6 nitrogen and oxygen atoms in total. The fourth-order valence-corrected chi connectivity index (χ4v) is 2.44. The zero-order valence-electron chi connectivity index (χ0n) is 12.5. The van der Waals surface area contributed by atoms with Crippen LogP contribution >= 0.6 is 11.8 Å². The van der Waals surface area contributed by atoms with Gasteiger partial charge in [-0.25, -0.2) is 4.98 Å². The van der Waals surface area contributed by atoms with Gasteiger partial charge in [0.05, 0.1) is 5.25 Å². The number of amides is 1. The van der Waals surface area contributed by atoms with Gasteiger partial charge in [-0.2, -0.15) is 0 Å². The van der Waals surface area contributed by atoms with E-state index in [1.807, 2.05) is 57.1 Å². The second-order valence-corrected chi connectivity index (χ2v) is 6.20. The predicted octanol–water partition coefficient (Wildman–Crippen LogP) is 2.30. The van der Waals surface area contributed by atoms with E-state index >= 15 is 0 Å². The van der Waals surface area contributed by atoms with Crippen LogP contribution < -0.4 is 10.2 Å². The Balaban J connectivity index is 1.93. The number of thioether (sulfide) groups is 1. The van der Waals surface area contributed by atoms with Crippen LogP contribution in [0, 0.1) is 6.92 Å². The molecular weight excluding hydrogens is 286 g/mol. The summed E-state index contributed by atoms with van der Waals surface area (Å²) in [5.74, 6) is 0.671. The molecule has 0 saturated carbocycles. The zero-order valence-corrected chi connectivity index (χ0v) is 13.4. The van der Waals surface area contributed by atoms with Gasteiger partial charge in [0.1, 0.15) is 5.82 Å². The highest BCUT2D eigenvalue weighted by atomic mass is 32.2. The van der Waals surface area contributed by atoms with Gasteiger partial charge in [0.15, 0.2) is 0 Å². The average molecular weight is 305 g/mol. The first kappa shape index (κ1) is 15.4. The van der Waals surface area contributed by atoms with Gasteiger partial charge < -0.3 is 10.2 Å². The molecule has 1 aromatic carbocycles. The number of carbonyl (C=O) groups is 1. The maximum absolute atomic E-state index is 12.1. The van der Waals surface area contributed by atoms with Gasteiger partial charge >= 0.3 is 0 Å². The Morgan fingerprint density at radius 3 is 2.52 bits per heavy atom. The first-order valence-electron chi connectivity index (χ1n) is 6.59. The minimum absolute atomic E-state index is 0.0694. The monoisotopic (exact) mass is 305 g/mol. The number of H-pyrrole nitrogens is 1. The molecule has 0 aliphatic heterocycles. The lowest BCUT2D eigenvalue weighted by molar-refractivity contribution is -0.115. The van der Waals surface area contributed by atoms with Crippen molar-refractivity contribution in [2.75, 3.05) is 24.3 Å². The maximum atomic E-state index is 12.1. The van der Waals surface area contributed by atoms with E-state index in [1.165, 1.54) is 11.8 Å². The Labute approximate surface area is 128 Å². The summed E-state index contributed by atoms with van der Waals surface area (Å²) in [5.41, 5.74) is 1.87. The van der Waals surface area contributed by atoms with Gasteiger partial charge in [0.2, 0.25) is 11.1 Å². The number of aromatic nitrogens is 3. The summed E-state index contributed by atoms with van der Waals surface area (Å²) in [6.45, 7) is 3.66. The highest BCUT2D eigenvalue weighted by molar-refractivity contribution is 8.00. The Kier molecular flexibility index (Phi) is 4.85. The second kappa shape index (κ2) is 6.62. The van der Waals surface area contributed by atoms with E-state index in [4.69, 9.17) is 0 Å². The van der Waals surface area contributed by atoms with Gasteiger partial charge in [-0.3, -0.25) is 9.89 Å². The average Bonchev–Trinajstić information content (AvgIpc) is 2.84. The number of nitrogens with zero attached hydrogens (tertiary/aromatic N) is 3. The van der Waals surface area contributed by atoms with Crippen LogP contribution in [0.2, 0.25) is 0 Å². The number of rotatable bonds is 5. The minimum atomic E-state index is -0.270. The zero-order chi connectivity index (χ0) is 15.4. The van der Waals surface area contributed by atoms with E-state index in [9.17, 15) is 4.79 Å². The molecule has 2 N–H and O–H groups in total. The molecule has 0 bridgehead atoms. The largest absolute Gasteiger partial charge is 0.378 e. The summed E-state index contributed by atoms with van der Waals surface area (Å²) < 4.78 is 0. The van der Waals surface area contributed by atoms with Crippen LogP contribution in [0.4, 0.5) is 11.4 Å². The molecule has 2 rings (SSSR count). The van der Waals surface area contributed by atoms with Gasteiger partial charge in [-0.05, 0) is 38.1 Å². The van der Waals surface area contributed by atoms with Crippen LogP contribution in [0.25, 0.3) is 0 Å². The lowest BCUT2D eigenvalue weighted by Gasteiger charge is -2.14. The fourth-order valence-electron chi connectivity index (χ4n) is 1.67. The van der Waals surface area contributed by atoms with Gasteiger partial charge in [-0.15, -0.1) is 5.10 Å². The van der Waals surface area contributed by atoms with Crippen molar-refractivity contribution in [3.8, 4) is 0 Å². The number of anilines is 2. The SMILES string of the molecule is Cc1nc(SC(C)C(=O)Nc2ccc(N(C)C)cc2)n[nH]1. The molecule has 0 saturated heterocycles. The van der Waals surface area contributed by atoms with Crippen LogP contribution in [-0.4, -0.2) is 40.4 Å². The molecule has 1 unspecified atom stereocenters. The van der Waals surface area contributed by atoms with Gasteiger partial charge in [0, 0.05) is 25.5 Å². The van der Waals surface area contributed by atoms with Crippen molar-refractivity contribution in [1.82, 2.24) is 15.2 Å². The van der Waals surface area contributed by atoms with Crippen LogP contribution in [0.15, 0.2) is 29.4 Å². The summed E-state index contributed by atoms with van der Waals surface area (Å²) in [7, 11) is 3.95. The molecule has 112 valence electrons. The second-order valence-electron chi connectivity index (χ2n) is 4.89. The topological polar surface area (TPSA) is 73.9 Å². The van der Waals surface area contributed by atoms with Crippen molar-refractivity contribution < 1.29 is 4.79 Å². The Morgan fingerprint density at radius 1 is 1.33 bits per heavy atom. The summed E-state index contributed by atoms with van der Waals surface area (Å²) in [6, 6.07) is 7.71. The molecular formula is C14H19N5OS. The number of benzene rings is 1. The van der Waals surface area contributed by atoms with Crippen molar-refractivity contribution in [2.45, 2.75) is 24.3 Å². The Morgan fingerprint density at radius 2 is 2.00 bits per heavy atom. The van der Waals surface area contributed by atoms with Crippen LogP contribution in [-0.2, 0) is 4.79 Å². The summed E-state index contributed by atoms with van der Waals surface area (Å²) in [6.07, 6.45) is 0. The van der Waals surface area contributed by atoms with Gasteiger partial charge in [0.25, 0.3) is 0 Å². The highest BCUT2D eigenvalue weighted by Crippen LogP contribution is 2.21. The molecule has 0 fully saturated rings. The van der Waals surface area contributed by atoms with E-state index in [2.05, 4.69) is 20.5 Å². The third kappa shape index (κ3) is 4.22. The number of aromatic amines is 1. The first-order chi connectivity index (χ1) is 9.95. The van der Waals surface area contributed by atoms with E-state index in [0.717, 1.165) is 17.2 Å². The summed E-state index contributed by atoms with van der Waals surface area (Å²) in [4.78, 5) is 18.3. The maximum Gasteiger partial charge on any atom is 0.237 e. The molecule has 1 amide bonds. The predicted molar refractivity (Wildman–Crippen MR) is 85.8 cm³/mol.